The van der Waals surface area contributed by atoms with E-state index in [9.17, 15) is 4.79 Å². The van der Waals surface area contributed by atoms with Crippen LogP contribution in [0.5, 0.6) is 0 Å². The smallest absolute Gasteiger partial charge is 0.374 e. The number of ether oxygens (including phenoxy) is 1. The molecule has 0 aliphatic carbocycles. The van der Waals surface area contributed by atoms with Gasteiger partial charge in [0.25, 0.3) is 0 Å². The SMILES string of the molecule is CC(C)=CCCC(C)=CCCC(C)=CCCC(C)=CCOC(=O)c1ccco1. The van der Waals surface area contributed by atoms with Crippen molar-refractivity contribution in [1.82, 2.24) is 0 Å². The van der Waals surface area contributed by atoms with Crippen molar-refractivity contribution in [3.8, 4) is 0 Å². The van der Waals surface area contributed by atoms with Gasteiger partial charge in [0, 0.05) is 0 Å². The topological polar surface area (TPSA) is 39.4 Å². The number of carbonyl (C=O) groups excluding carboxylic acids is 1. The minimum Gasteiger partial charge on any atom is -0.457 e. The van der Waals surface area contributed by atoms with E-state index in [0.29, 0.717) is 0 Å². The van der Waals surface area contributed by atoms with Crippen molar-refractivity contribution < 1.29 is 13.9 Å². The third-order valence-electron chi connectivity index (χ3n) is 4.52. The normalized spacial score (nSPS) is 12.8. The summed E-state index contributed by atoms with van der Waals surface area (Å²) in [5.74, 6) is -0.181. The average Bonchev–Trinajstić information content (AvgIpc) is 3.16. The van der Waals surface area contributed by atoms with Crippen LogP contribution in [0.3, 0.4) is 0 Å². The number of rotatable bonds is 12. The van der Waals surface area contributed by atoms with Crippen LogP contribution in [0.25, 0.3) is 0 Å². The Morgan fingerprint density at radius 1 is 0.857 bits per heavy atom. The summed E-state index contributed by atoms with van der Waals surface area (Å²) in [6.45, 7) is 11.1. The molecule has 3 nitrogen and oxygen atoms in total. The molecular formula is C25H36O3. The van der Waals surface area contributed by atoms with Gasteiger partial charge in [0.15, 0.2) is 0 Å². The van der Waals surface area contributed by atoms with Crippen molar-refractivity contribution in [2.45, 2.75) is 73.1 Å². The molecular weight excluding hydrogens is 348 g/mol. The number of allylic oxidation sites excluding steroid dienone is 7. The molecule has 0 saturated carbocycles. The summed E-state index contributed by atoms with van der Waals surface area (Å²) in [4.78, 5) is 11.7. The summed E-state index contributed by atoms with van der Waals surface area (Å²) in [6, 6.07) is 3.28. The van der Waals surface area contributed by atoms with Crippen LogP contribution in [-0.4, -0.2) is 12.6 Å². The fourth-order valence-corrected chi connectivity index (χ4v) is 2.71. The molecule has 3 heteroatoms. The van der Waals surface area contributed by atoms with Gasteiger partial charge >= 0.3 is 5.97 Å². The molecule has 28 heavy (non-hydrogen) atoms. The van der Waals surface area contributed by atoms with Crippen molar-refractivity contribution in [3.63, 3.8) is 0 Å². The molecule has 0 aliphatic heterocycles. The van der Waals surface area contributed by atoms with Gasteiger partial charge in [-0.2, -0.15) is 0 Å². The first-order chi connectivity index (χ1) is 13.4. The lowest BCUT2D eigenvalue weighted by molar-refractivity contribution is 0.0512. The zero-order valence-corrected chi connectivity index (χ0v) is 18.2. The molecule has 0 bridgehead atoms. The third kappa shape index (κ3) is 11.4. The van der Waals surface area contributed by atoms with Gasteiger partial charge < -0.3 is 9.15 Å². The van der Waals surface area contributed by atoms with E-state index in [-0.39, 0.29) is 12.4 Å². The molecule has 0 radical (unpaired) electrons. The maximum Gasteiger partial charge on any atom is 0.374 e. The Morgan fingerprint density at radius 2 is 1.39 bits per heavy atom. The van der Waals surface area contributed by atoms with Gasteiger partial charge in [0.05, 0.1) is 6.26 Å². The van der Waals surface area contributed by atoms with Crippen molar-refractivity contribution in [3.05, 3.63) is 70.8 Å². The maximum absolute atomic E-state index is 11.7. The lowest BCUT2D eigenvalue weighted by Crippen LogP contribution is -2.03. The van der Waals surface area contributed by atoms with Crippen molar-refractivity contribution in [2.75, 3.05) is 6.61 Å². The summed E-state index contributed by atoms with van der Waals surface area (Å²) < 4.78 is 10.2. The Bertz CT molecular complexity index is 696. The first-order valence-electron chi connectivity index (χ1n) is 10.2. The first-order valence-corrected chi connectivity index (χ1v) is 10.2. The fraction of sp³-hybridized carbons (Fsp3) is 0.480. The molecule has 1 aromatic heterocycles. The van der Waals surface area contributed by atoms with Crippen LogP contribution in [0.1, 0.15) is 83.7 Å². The van der Waals surface area contributed by atoms with E-state index >= 15 is 0 Å². The molecule has 0 saturated heterocycles. The monoisotopic (exact) mass is 384 g/mol. The summed E-state index contributed by atoms with van der Waals surface area (Å²) in [6.07, 6.45) is 16.9. The zero-order valence-electron chi connectivity index (χ0n) is 18.2. The van der Waals surface area contributed by atoms with Crippen LogP contribution in [0.4, 0.5) is 0 Å². The molecule has 0 aliphatic rings. The minimum absolute atomic E-state index is 0.242. The van der Waals surface area contributed by atoms with E-state index in [0.717, 1.165) is 38.5 Å². The highest BCUT2D eigenvalue weighted by molar-refractivity contribution is 5.86. The third-order valence-corrected chi connectivity index (χ3v) is 4.52. The minimum atomic E-state index is -0.422. The lowest BCUT2D eigenvalue weighted by Gasteiger charge is -2.03. The number of hydrogen-bond donors (Lipinski definition) is 0. The van der Waals surface area contributed by atoms with Crippen molar-refractivity contribution in [2.24, 2.45) is 0 Å². The molecule has 0 atom stereocenters. The number of carbonyl (C=O) groups is 1. The molecule has 0 spiro atoms. The number of esters is 1. The Labute approximate surface area is 170 Å². The van der Waals surface area contributed by atoms with Gasteiger partial charge in [-0.3, -0.25) is 0 Å². The summed E-state index contributed by atoms with van der Waals surface area (Å²) in [5.41, 5.74) is 5.54. The van der Waals surface area contributed by atoms with Crippen molar-refractivity contribution >= 4 is 5.97 Å². The Hall–Kier alpha value is -2.29. The van der Waals surface area contributed by atoms with Gasteiger partial charge in [0.2, 0.25) is 5.76 Å². The highest BCUT2D eigenvalue weighted by atomic mass is 16.5. The van der Waals surface area contributed by atoms with Gasteiger partial charge in [0.1, 0.15) is 6.61 Å². The number of furan rings is 1. The summed E-state index contributed by atoms with van der Waals surface area (Å²) in [5, 5.41) is 0. The van der Waals surface area contributed by atoms with Crippen LogP contribution >= 0.6 is 0 Å². The highest BCUT2D eigenvalue weighted by Gasteiger charge is 2.08. The average molecular weight is 385 g/mol. The molecule has 0 N–H and O–H groups in total. The summed E-state index contributed by atoms with van der Waals surface area (Å²) >= 11 is 0. The van der Waals surface area contributed by atoms with E-state index in [1.165, 1.54) is 28.6 Å². The standard InChI is InChI=1S/C25H36O3/c1-20(2)10-6-11-21(3)12-7-13-22(4)14-8-15-23(5)17-19-28-25(26)24-16-9-18-27-24/h9-10,12,14,16-18H,6-8,11,13,15,19H2,1-5H3. The zero-order chi connectivity index (χ0) is 20.8. The molecule has 0 aromatic carbocycles. The largest absolute Gasteiger partial charge is 0.457 e. The molecule has 0 amide bonds. The quantitative estimate of drug-likeness (QED) is 0.275. The molecule has 1 rings (SSSR count). The van der Waals surface area contributed by atoms with Crippen LogP contribution in [-0.2, 0) is 4.74 Å². The Balaban J connectivity index is 2.22. The maximum atomic E-state index is 11.7. The second-order valence-corrected chi connectivity index (χ2v) is 7.62. The Kier molecular flexibility index (Phi) is 11.7. The van der Waals surface area contributed by atoms with Gasteiger partial charge in [-0.1, -0.05) is 40.5 Å². The fourth-order valence-electron chi connectivity index (χ4n) is 2.71. The van der Waals surface area contributed by atoms with Crippen LogP contribution in [0, 0.1) is 0 Å². The van der Waals surface area contributed by atoms with E-state index in [2.05, 4.69) is 52.8 Å². The predicted octanol–water partition coefficient (Wildman–Crippen LogP) is 7.58. The van der Waals surface area contributed by atoms with Crippen LogP contribution < -0.4 is 0 Å². The van der Waals surface area contributed by atoms with Gasteiger partial charge in [-0.05, 0) is 91.4 Å². The predicted molar refractivity (Wildman–Crippen MR) is 117 cm³/mol. The molecule has 0 fully saturated rings. The van der Waals surface area contributed by atoms with Crippen LogP contribution in [0.2, 0.25) is 0 Å². The van der Waals surface area contributed by atoms with Crippen LogP contribution in [0.15, 0.2) is 69.4 Å². The molecule has 1 aromatic rings. The lowest BCUT2D eigenvalue weighted by atomic mass is 10.0. The highest BCUT2D eigenvalue weighted by Crippen LogP contribution is 2.13. The summed E-state index contributed by atoms with van der Waals surface area (Å²) in [7, 11) is 0. The van der Waals surface area contributed by atoms with E-state index in [1.54, 1.807) is 12.1 Å². The molecule has 154 valence electrons. The molecule has 0 unspecified atom stereocenters. The second kappa shape index (κ2) is 13.8. The second-order valence-electron chi connectivity index (χ2n) is 7.62. The van der Waals surface area contributed by atoms with E-state index in [1.807, 2.05) is 6.08 Å². The molecule has 1 heterocycles. The van der Waals surface area contributed by atoms with Gasteiger partial charge in [-0.25, -0.2) is 4.79 Å². The number of hydrogen-bond acceptors (Lipinski definition) is 3. The van der Waals surface area contributed by atoms with E-state index in [4.69, 9.17) is 9.15 Å². The first kappa shape index (κ1) is 23.7. The van der Waals surface area contributed by atoms with E-state index < -0.39 is 5.97 Å². The van der Waals surface area contributed by atoms with Crippen molar-refractivity contribution in [1.29, 1.82) is 0 Å². The van der Waals surface area contributed by atoms with Gasteiger partial charge in [-0.15, -0.1) is 0 Å². The Morgan fingerprint density at radius 3 is 1.89 bits per heavy atom.